The molecule has 2 heterocycles. The van der Waals surface area contributed by atoms with E-state index in [0.29, 0.717) is 14.7 Å². The Balaban J connectivity index is 2.17. The number of hydrogen-bond donors (Lipinski definition) is 2. The highest BCUT2D eigenvalue weighted by molar-refractivity contribution is 9.10. The van der Waals surface area contributed by atoms with E-state index < -0.39 is 16.0 Å². The third kappa shape index (κ3) is 3.32. The number of methoxy groups -OCH3 is 1. The van der Waals surface area contributed by atoms with Crippen molar-refractivity contribution in [2.45, 2.75) is 4.90 Å². The number of nitrogens with one attached hydrogen (secondary N) is 1. The lowest BCUT2D eigenvalue weighted by molar-refractivity contribution is 0.0703. The summed E-state index contributed by atoms with van der Waals surface area (Å²) in [6.07, 6.45) is 1.51. The first-order valence-corrected chi connectivity index (χ1v) is 9.90. The number of anilines is 1. The van der Waals surface area contributed by atoms with Crippen molar-refractivity contribution in [3.05, 3.63) is 45.9 Å². The Morgan fingerprint density at radius 2 is 2.12 bits per heavy atom. The molecule has 0 unspecified atom stereocenters. The number of ether oxygens (including phenoxy) is 1. The molecule has 7 nitrogen and oxygen atoms in total. The topological polar surface area (TPSA) is 106 Å². The Bertz CT molecular complexity index is 1080. The minimum Gasteiger partial charge on any atom is -0.495 e. The quantitative estimate of drug-likeness (QED) is 0.625. The molecule has 0 bridgehead atoms. The van der Waals surface area contributed by atoms with Gasteiger partial charge in [0, 0.05) is 16.1 Å². The first kappa shape index (κ1) is 17.6. The third-order valence-corrected chi connectivity index (χ3v) is 6.28. The molecule has 0 aliphatic heterocycles. The highest BCUT2D eigenvalue weighted by Crippen LogP contribution is 2.37. The number of sulfonamides is 1. The molecule has 130 valence electrons. The maximum atomic E-state index is 12.8. The number of rotatable bonds is 5. The van der Waals surface area contributed by atoms with Crippen LogP contribution < -0.4 is 9.46 Å². The number of aromatic carboxylic acids is 1. The van der Waals surface area contributed by atoms with Gasteiger partial charge in [0.05, 0.1) is 12.8 Å². The molecule has 3 aromatic rings. The zero-order valence-corrected chi connectivity index (χ0v) is 15.9. The molecule has 0 fully saturated rings. The van der Waals surface area contributed by atoms with Crippen LogP contribution in [0.4, 0.5) is 5.69 Å². The molecule has 0 aliphatic carbocycles. The highest BCUT2D eigenvalue weighted by Gasteiger charge is 2.26. The molecule has 0 atom stereocenters. The third-order valence-electron chi connectivity index (χ3n) is 3.31. The van der Waals surface area contributed by atoms with Crippen molar-refractivity contribution >= 4 is 59.2 Å². The van der Waals surface area contributed by atoms with E-state index in [9.17, 15) is 18.3 Å². The largest absolute Gasteiger partial charge is 0.495 e. The SMILES string of the molecule is COc1ccc(Br)cc1S(=O)(=O)Nc1c(C(=O)O)sc2ncccc12. The van der Waals surface area contributed by atoms with E-state index >= 15 is 0 Å². The van der Waals surface area contributed by atoms with Gasteiger partial charge >= 0.3 is 5.97 Å². The van der Waals surface area contributed by atoms with Gasteiger partial charge in [0.25, 0.3) is 10.0 Å². The second-order valence-electron chi connectivity index (χ2n) is 4.87. The summed E-state index contributed by atoms with van der Waals surface area (Å²) in [7, 11) is -2.73. The first-order valence-electron chi connectivity index (χ1n) is 6.80. The van der Waals surface area contributed by atoms with Gasteiger partial charge in [0.15, 0.2) is 0 Å². The van der Waals surface area contributed by atoms with Crippen LogP contribution in [0.5, 0.6) is 5.75 Å². The highest BCUT2D eigenvalue weighted by atomic mass is 79.9. The van der Waals surface area contributed by atoms with Gasteiger partial charge in [-0.25, -0.2) is 18.2 Å². The lowest BCUT2D eigenvalue weighted by Crippen LogP contribution is -2.15. The van der Waals surface area contributed by atoms with Gasteiger partial charge < -0.3 is 9.84 Å². The van der Waals surface area contributed by atoms with Crippen molar-refractivity contribution in [3.8, 4) is 5.75 Å². The molecule has 2 N–H and O–H groups in total. The van der Waals surface area contributed by atoms with Gasteiger partial charge in [-0.05, 0) is 30.3 Å². The standard InChI is InChI=1S/C15H11BrN2O5S2/c1-23-10-5-4-8(16)7-11(10)25(21,22)18-12-9-3-2-6-17-14(9)24-13(12)15(19)20/h2-7,18H,1H3,(H,19,20). The molecule has 25 heavy (non-hydrogen) atoms. The Kier molecular flexibility index (Phi) is 4.67. The Morgan fingerprint density at radius 3 is 2.80 bits per heavy atom. The maximum absolute atomic E-state index is 12.8. The smallest absolute Gasteiger partial charge is 0.348 e. The Hall–Kier alpha value is -2.17. The molecule has 0 spiro atoms. The van der Waals surface area contributed by atoms with Gasteiger partial charge in [-0.3, -0.25) is 4.72 Å². The van der Waals surface area contributed by atoms with Crippen LogP contribution in [-0.2, 0) is 10.0 Å². The maximum Gasteiger partial charge on any atom is 0.348 e. The van der Waals surface area contributed by atoms with Gasteiger partial charge in [-0.1, -0.05) is 15.9 Å². The van der Waals surface area contributed by atoms with Gasteiger partial charge in [-0.15, -0.1) is 11.3 Å². The van der Waals surface area contributed by atoms with Crippen molar-refractivity contribution in [1.29, 1.82) is 0 Å². The Morgan fingerprint density at radius 1 is 1.36 bits per heavy atom. The zero-order chi connectivity index (χ0) is 18.2. The van der Waals surface area contributed by atoms with Crippen molar-refractivity contribution < 1.29 is 23.1 Å². The number of carbonyl (C=O) groups is 1. The summed E-state index contributed by atoms with van der Waals surface area (Å²) < 4.78 is 33.7. The summed E-state index contributed by atoms with van der Waals surface area (Å²) in [6, 6.07) is 7.75. The van der Waals surface area contributed by atoms with E-state index in [4.69, 9.17) is 4.74 Å². The van der Waals surface area contributed by atoms with Gasteiger partial charge in [0.1, 0.15) is 20.4 Å². The second kappa shape index (κ2) is 6.62. The van der Waals surface area contributed by atoms with E-state index in [0.717, 1.165) is 11.3 Å². The normalized spacial score (nSPS) is 11.4. The average Bonchev–Trinajstić information content (AvgIpc) is 2.93. The molecule has 1 aromatic carbocycles. The first-order chi connectivity index (χ1) is 11.8. The van der Waals surface area contributed by atoms with Crippen molar-refractivity contribution in [3.63, 3.8) is 0 Å². The predicted octanol–water partition coefficient (Wildman–Crippen LogP) is 3.57. The van der Waals surface area contributed by atoms with Gasteiger partial charge in [0.2, 0.25) is 0 Å². The number of aromatic nitrogens is 1. The van der Waals surface area contributed by atoms with Crippen molar-refractivity contribution in [2.24, 2.45) is 0 Å². The van der Waals surface area contributed by atoms with Crippen LogP contribution in [0, 0.1) is 0 Å². The predicted molar refractivity (Wildman–Crippen MR) is 98.1 cm³/mol. The monoisotopic (exact) mass is 442 g/mol. The van der Waals surface area contributed by atoms with Crippen LogP contribution in [0.15, 0.2) is 45.9 Å². The van der Waals surface area contributed by atoms with Crippen LogP contribution in [-0.4, -0.2) is 31.6 Å². The summed E-state index contributed by atoms with van der Waals surface area (Å²) in [5, 5.41) is 9.81. The van der Waals surface area contributed by atoms with E-state index in [1.807, 2.05) is 0 Å². The number of pyridine rings is 1. The minimum absolute atomic E-state index is 0.0115. The molecule has 0 saturated heterocycles. The fourth-order valence-corrected chi connectivity index (χ4v) is 5.04. The van der Waals surface area contributed by atoms with Crippen LogP contribution >= 0.6 is 27.3 Å². The van der Waals surface area contributed by atoms with E-state index in [1.165, 1.54) is 25.4 Å². The summed E-state index contributed by atoms with van der Waals surface area (Å²) in [5.41, 5.74) is -0.0115. The molecular formula is C15H11BrN2O5S2. The summed E-state index contributed by atoms with van der Waals surface area (Å²) in [5.74, 6) is -1.09. The van der Waals surface area contributed by atoms with E-state index in [-0.39, 0.29) is 21.2 Å². The lowest BCUT2D eigenvalue weighted by atomic mass is 10.3. The van der Waals surface area contributed by atoms with E-state index in [1.54, 1.807) is 18.2 Å². The van der Waals surface area contributed by atoms with Crippen molar-refractivity contribution in [2.75, 3.05) is 11.8 Å². The molecule has 3 rings (SSSR count). The molecule has 0 amide bonds. The molecular weight excluding hydrogens is 432 g/mol. The molecule has 0 radical (unpaired) electrons. The average molecular weight is 443 g/mol. The lowest BCUT2D eigenvalue weighted by Gasteiger charge is -2.12. The fourth-order valence-electron chi connectivity index (χ4n) is 2.23. The number of hydrogen-bond acceptors (Lipinski definition) is 6. The molecule has 0 aliphatic rings. The number of thiophene rings is 1. The zero-order valence-electron chi connectivity index (χ0n) is 12.7. The summed E-state index contributed by atoms with van der Waals surface area (Å²) >= 11 is 4.13. The fraction of sp³-hybridized carbons (Fsp3) is 0.0667. The van der Waals surface area contributed by atoms with Crippen LogP contribution in [0.1, 0.15) is 9.67 Å². The van der Waals surface area contributed by atoms with Crippen molar-refractivity contribution in [1.82, 2.24) is 4.98 Å². The number of benzene rings is 1. The second-order valence-corrected chi connectivity index (χ2v) is 8.43. The minimum atomic E-state index is -4.09. The van der Waals surface area contributed by atoms with Crippen LogP contribution in [0.3, 0.4) is 0 Å². The Labute approximate surface area is 155 Å². The molecule has 2 aromatic heterocycles. The number of fused-ring (bicyclic) bond motifs is 1. The van der Waals surface area contributed by atoms with E-state index in [2.05, 4.69) is 25.6 Å². The van der Waals surface area contributed by atoms with Crippen LogP contribution in [0.2, 0.25) is 0 Å². The number of carboxylic acids is 1. The number of halogens is 1. The number of nitrogens with zero attached hydrogens (tertiary/aromatic N) is 1. The molecule has 0 saturated carbocycles. The number of carboxylic acid groups (broad SMARTS) is 1. The summed E-state index contributed by atoms with van der Waals surface area (Å²) in [4.78, 5) is 15.8. The van der Waals surface area contributed by atoms with Gasteiger partial charge in [-0.2, -0.15) is 0 Å². The summed E-state index contributed by atoms with van der Waals surface area (Å²) in [6.45, 7) is 0. The van der Waals surface area contributed by atoms with Crippen LogP contribution in [0.25, 0.3) is 10.2 Å². The molecule has 10 heteroatoms.